The Labute approximate surface area is 332 Å². The van der Waals surface area contributed by atoms with Crippen LogP contribution in [0.25, 0.3) is 0 Å². The van der Waals surface area contributed by atoms with Crippen LogP contribution in [0.5, 0.6) is 0 Å². The molecule has 0 spiro atoms. The van der Waals surface area contributed by atoms with E-state index < -0.39 is 90.8 Å². The molecule has 0 unspecified atom stereocenters. The normalized spacial score (nSPS) is 14.3. The van der Waals surface area contributed by atoms with Crippen molar-refractivity contribution < 1.29 is 58.0 Å². The van der Waals surface area contributed by atoms with Crippen LogP contribution in [0.2, 0.25) is 0 Å². The number of hydrogen-bond donors (Lipinski definition) is 12. The Balaban J connectivity index is 4.67. The summed E-state index contributed by atoms with van der Waals surface area (Å²) >= 11 is 8.01. The SMILES string of the molecule is CC(=O)CCC(=O)NCCCOCCOCCCNC(=O)CNC(=O)[C@H](CS)NC(=O)[C@@H](NC(=O)[C@@H](NC(=O)[C@H](CO)NC(=O)[C@@H](N)CS)C(C)C)[C@@H](C)O. The number of aliphatic hydroxyl groups is 2. The number of Topliss-reactive ketones (excluding diaryl/α,β-unsaturated/α-hetero) is 1. The van der Waals surface area contributed by atoms with Gasteiger partial charge in [-0.05, 0) is 32.6 Å². The molecule has 316 valence electrons. The quantitative estimate of drug-likeness (QED) is 0.0241. The van der Waals surface area contributed by atoms with Crippen LogP contribution in [-0.4, -0.2) is 158 Å². The van der Waals surface area contributed by atoms with Gasteiger partial charge in [0.15, 0.2) is 0 Å². The summed E-state index contributed by atoms with van der Waals surface area (Å²) in [5, 5.41) is 37.1. The highest BCUT2D eigenvalue weighted by atomic mass is 32.1. The molecule has 0 heterocycles. The van der Waals surface area contributed by atoms with E-state index in [0.717, 1.165) is 0 Å². The number of ketones is 1. The van der Waals surface area contributed by atoms with E-state index in [9.17, 15) is 48.6 Å². The van der Waals surface area contributed by atoms with Crippen molar-refractivity contribution in [3.8, 4) is 0 Å². The highest BCUT2D eigenvalue weighted by Crippen LogP contribution is 2.06. The molecule has 0 aromatic rings. The molecule has 0 saturated heterocycles. The van der Waals surface area contributed by atoms with Crippen LogP contribution in [0.15, 0.2) is 0 Å². The first-order chi connectivity index (χ1) is 26.0. The third-order valence-electron chi connectivity index (χ3n) is 7.55. The minimum absolute atomic E-state index is 0.0219. The van der Waals surface area contributed by atoms with E-state index in [1.54, 1.807) is 13.8 Å². The van der Waals surface area contributed by atoms with Crippen molar-refractivity contribution in [3.63, 3.8) is 0 Å². The van der Waals surface area contributed by atoms with Gasteiger partial charge in [0.05, 0.1) is 38.5 Å². The minimum atomic E-state index is -1.58. The number of hydrogen-bond acceptors (Lipinski definition) is 15. The topological polar surface area (TPSA) is 306 Å². The molecule has 0 bridgehead atoms. The predicted molar refractivity (Wildman–Crippen MR) is 207 cm³/mol. The second-order valence-electron chi connectivity index (χ2n) is 12.8. The van der Waals surface area contributed by atoms with Crippen molar-refractivity contribution in [1.82, 2.24) is 37.2 Å². The Morgan fingerprint density at radius 2 is 1.16 bits per heavy atom. The van der Waals surface area contributed by atoms with Gasteiger partial charge in [-0.15, -0.1) is 0 Å². The van der Waals surface area contributed by atoms with Crippen LogP contribution in [0.4, 0.5) is 0 Å². The maximum absolute atomic E-state index is 13.2. The lowest BCUT2D eigenvalue weighted by atomic mass is 10.0. The van der Waals surface area contributed by atoms with Gasteiger partial charge >= 0.3 is 0 Å². The summed E-state index contributed by atoms with van der Waals surface area (Å²) in [5.74, 6) is -5.72. The molecule has 0 fully saturated rings. The second kappa shape index (κ2) is 29.7. The Morgan fingerprint density at radius 1 is 0.636 bits per heavy atom. The first-order valence-electron chi connectivity index (χ1n) is 17.9. The molecule has 22 heteroatoms. The Hall–Kier alpha value is -3.54. The number of carbonyl (C=O) groups excluding carboxylic acids is 8. The summed E-state index contributed by atoms with van der Waals surface area (Å²) in [6.45, 7) is 6.78. The first-order valence-corrected chi connectivity index (χ1v) is 19.2. The zero-order chi connectivity index (χ0) is 41.9. The van der Waals surface area contributed by atoms with Crippen molar-refractivity contribution in [2.75, 3.05) is 64.2 Å². The molecule has 20 nitrogen and oxygen atoms in total. The summed E-state index contributed by atoms with van der Waals surface area (Å²) < 4.78 is 10.9. The number of nitrogens with one attached hydrogen (secondary N) is 7. The number of nitrogens with two attached hydrogens (primary N) is 1. The largest absolute Gasteiger partial charge is 0.394 e. The lowest BCUT2D eigenvalue weighted by Crippen LogP contribution is -2.62. The number of carbonyl (C=O) groups is 8. The monoisotopic (exact) mass is 824 g/mol. The Bertz CT molecular complexity index is 1250. The fourth-order valence-corrected chi connectivity index (χ4v) is 4.73. The molecule has 11 N–H and O–H groups in total. The van der Waals surface area contributed by atoms with Crippen molar-refractivity contribution in [1.29, 1.82) is 0 Å². The first kappa shape index (κ1) is 51.5. The molecule has 0 aliphatic heterocycles. The molecule has 0 radical (unpaired) electrons. The zero-order valence-electron chi connectivity index (χ0n) is 31.9. The van der Waals surface area contributed by atoms with Gasteiger partial charge in [0.1, 0.15) is 30.0 Å². The summed E-state index contributed by atoms with van der Waals surface area (Å²) in [7, 11) is 0. The average molecular weight is 825 g/mol. The maximum Gasteiger partial charge on any atom is 0.245 e. The molecule has 0 aliphatic rings. The fourth-order valence-electron chi connectivity index (χ4n) is 4.31. The van der Waals surface area contributed by atoms with E-state index in [-0.39, 0.29) is 42.6 Å². The predicted octanol–water partition coefficient (Wildman–Crippen LogP) is -4.33. The third-order valence-corrected chi connectivity index (χ3v) is 8.31. The fraction of sp³-hybridized carbons (Fsp3) is 0.758. The van der Waals surface area contributed by atoms with Crippen molar-refractivity contribution in [3.05, 3.63) is 0 Å². The van der Waals surface area contributed by atoms with E-state index in [2.05, 4.69) is 62.5 Å². The standard InChI is InChI=1S/C33H60N8O12S2/c1-19(2)27(40-31(49)23(16-42)38-29(47)22(34)17-54)32(50)41-28(21(4)44)33(51)39-24(18-55)30(48)37-15-26(46)36-10-6-12-53-14-13-52-11-5-9-35-25(45)8-7-20(3)43/h19,21-24,27-28,42,44,54-55H,5-18,34H2,1-4H3,(H,35,45)(H,36,46)(H,37,48)(H,38,47)(H,39,51)(H,40,49)(H,41,50)/t21-,22+,23+,24+,27+,28+/m1/s1. The molecule has 0 aromatic carbocycles. The molecular formula is C33H60N8O12S2. The highest BCUT2D eigenvalue weighted by Gasteiger charge is 2.34. The lowest BCUT2D eigenvalue weighted by molar-refractivity contribution is -0.137. The van der Waals surface area contributed by atoms with Crippen molar-refractivity contribution in [2.24, 2.45) is 11.7 Å². The second-order valence-corrected chi connectivity index (χ2v) is 13.5. The number of ether oxygens (including phenoxy) is 2. The van der Waals surface area contributed by atoms with Crippen LogP contribution in [0.1, 0.15) is 53.4 Å². The zero-order valence-corrected chi connectivity index (χ0v) is 33.7. The molecule has 0 saturated carbocycles. The van der Waals surface area contributed by atoms with Gasteiger partial charge in [0.25, 0.3) is 0 Å². The minimum Gasteiger partial charge on any atom is -0.394 e. The van der Waals surface area contributed by atoms with E-state index in [0.29, 0.717) is 45.8 Å². The van der Waals surface area contributed by atoms with Gasteiger partial charge in [-0.25, -0.2) is 0 Å². The number of aliphatic hydroxyl groups excluding tert-OH is 2. The van der Waals surface area contributed by atoms with E-state index in [1.807, 2.05) is 0 Å². The highest BCUT2D eigenvalue weighted by molar-refractivity contribution is 7.80. The van der Waals surface area contributed by atoms with Gasteiger partial charge in [-0.3, -0.25) is 33.6 Å². The molecule has 0 aliphatic carbocycles. The van der Waals surface area contributed by atoms with Crippen LogP contribution in [-0.2, 0) is 47.8 Å². The summed E-state index contributed by atoms with van der Waals surface area (Å²) in [5.41, 5.74) is 5.59. The van der Waals surface area contributed by atoms with Crippen LogP contribution < -0.4 is 43.0 Å². The summed E-state index contributed by atoms with van der Waals surface area (Å²) in [6.07, 6.45) is 0.0368. The molecule has 6 atom stereocenters. The van der Waals surface area contributed by atoms with Gasteiger partial charge in [-0.1, -0.05) is 13.8 Å². The van der Waals surface area contributed by atoms with E-state index >= 15 is 0 Å². The smallest absolute Gasteiger partial charge is 0.245 e. The molecule has 0 aromatic heterocycles. The molecule has 7 amide bonds. The Kier molecular flexibility index (Phi) is 27.8. The number of rotatable bonds is 30. The van der Waals surface area contributed by atoms with Gasteiger partial charge in [0, 0.05) is 50.7 Å². The Morgan fingerprint density at radius 3 is 1.65 bits per heavy atom. The maximum atomic E-state index is 13.2. The van der Waals surface area contributed by atoms with Gasteiger partial charge < -0.3 is 67.4 Å². The van der Waals surface area contributed by atoms with Gasteiger partial charge in [-0.2, -0.15) is 25.3 Å². The number of thiol groups is 2. The molecule has 0 rings (SSSR count). The summed E-state index contributed by atoms with van der Waals surface area (Å²) in [6, 6.07) is -6.60. The molecular weight excluding hydrogens is 765 g/mol. The van der Waals surface area contributed by atoms with Crippen molar-refractivity contribution >= 4 is 72.4 Å². The van der Waals surface area contributed by atoms with E-state index in [1.165, 1.54) is 13.8 Å². The van der Waals surface area contributed by atoms with Crippen LogP contribution >= 0.6 is 25.3 Å². The third kappa shape index (κ3) is 23.2. The summed E-state index contributed by atoms with van der Waals surface area (Å²) in [4.78, 5) is 98.6. The lowest BCUT2D eigenvalue weighted by Gasteiger charge is -2.28. The van der Waals surface area contributed by atoms with Crippen molar-refractivity contribution in [2.45, 2.75) is 89.7 Å². The van der Waals surface area contributed by atoms with Crippen LogP contribution in [0, 0.1) is 5.92 Å². The number of amides is 7. The van der Waals surface area contributed by atoms with Gasteiger partial charge in [0.2, 0.25) is 41.4 Å². The average Bonchev–Trinajstić information content (AvgIpc) is 3.14. The van der Waals surface area contributed by atoms with Crippen LogP contribution in [0.3, 0.4) is 0 Å². The van der Waals surface area contributed by atoms with E-state index in [4.69, 9.17) is 15.2 Å². The molecule has 55 heavy (non-hydrogen) atoms.